The largest absolute Gasteiger partial charge is 0.509 e. The van der Waals surface area contributed by atoms with Crippen molar-refractivity contribution in [2.75, 3.05) is 6.61 Å². The topological polar surface area (TPSA) is 44.8 Å². The van der Waals surface area contributed by atoms with Crippen LogP contribution in [-0.2, 0) is 20.8 Å². The van der Waals surface area contributed by atoms with Crippen molar-refractivity contribution in [3.63, 3.8) is 0 Å². The summed E-state index contributed by atoms with van der Waals surface area (Å²) in [6.07, 6.45) is 1.41. The van der Waals surface area contributed by atoms with E-state index in [-0.39, 0.29) is 12.0 Å². The van der Waals surface area contributed by atoms with Crippen LogP contribution in [0.2, 0.25) is 0 Å². The summed E-state index contributed by atoms with van der Waals surface area (Å²) < 4.78 is 16.3. The maximum absolute atomic E-state index is 11.8. The highest BCUT2D eigenvalue weighted by Gasteiger charge is 2.24. The standard InChI is InChI=1S/C19H28O4/c1-6-15(2)17(22-18(20)23-19(3,4)5)12-13-21-14-16-10-8-7-9-11-16/h6-11,15,17H,1,12-14H2,2-5H3/t15-,17-/m1/s1. The Morgan fingerprint density at radius 2 is 1.91 bits per heavy atom. The molecule has 0 bridgehead atoms. The molecule has 0 radical (unpaired) electrons. The molecule has 0 saturated heterocycles. The third kappa shape index (κ3) is 8.41. The maximum Gasteiger partial charge on any atom is 0.509 e. The van der Waals surface area contributed by atoms with Gasteiger partial charge in [-0.3, -0.25) is 0 Å². The lowest BCUT2D eigenvalue weighted by molar-refractivity contribution is -0.0417. The Balaban J connectivity index is 2.42. The molecule has 1 aromatic carbocycles. The first-order valence-corrected chi connectivity index (χ1v) is 7.95. The van der Waals surface area contributed by atoms with E-state index in [9.17, 15) is 4.79 Å². The summed E-state index contributed by atoms with van der Waals surface area (Å²) in [7, 11) is 0. The number of ether oxygens (including phenoxy) is 3. The predicted molar refractivity (Wildman–Crippen MR) is 91.2 cm³/mol. The van der Waals surface area contributed by atoms with E-state index >= 15 is 0 Å². The Morgan fingerprint density at radius 1 is 1.26 bits per heavy atom. The third-order valence-electron chi connectivity index (χ3n) is 3.25. The number of rotatable bonds is 8. The minimum atomic E-state index is -0.653. The number of carbonyl (C=O) groups is 1. The van der Waals surface area contributed by atoms with Crippen molar-refractivity contribution in [3.8, 4) is 0 Å². The molecule has 0 fully saturated rings. The van der Waals surface area contributed by atoms with Gasteiger partial charge in [-0.15, -0.1) is 6.58 Å². The Bertz CT molecular complexity index is 476. The second-order valence-corrected chi connectivity index (χ2v) is 6.54. The normalized spacial score (nSPS) is 13.9. The van der Waals surface area contributed by atoms with E-state index in [0.29, 0.717) is 19.6 Å². The molecule has 0 N–H and O–H groups in total. The fourth-order valence-corrected chi connectivity index (χ4v) is 1.94. The van der Waals surface area contributed by atoms with E-state index in [0.717, 1.165) is 5.56 Å². The van der Waals surface area contributed by atoms with E-state index in [1.54, 1.807) is 6.08 Å². The van der Waals surface area contributed by atoms with Gasteiger partial charge in [0.05, 0.1) is 13.2 Å². The average Bonchev–Trinajstić information content (AvgIpc) is 2.48. The SMILES string of the molecule is C=C[C@@H](C)[C@@H](CCOCc1ccccc1)OC(=O)OC(C)(C)C. The summed E-state index contributed by atoms with van der Waals surface area (Å²) in [5, 5.41) is 0. The fourth-order valence-electron chi connectivity index (χ4n) is 1.94. The highest BCUT2D eigenvalue weighted by atomic mass is 16.7. The van der Waals surface area contributed by atoms with Crippen LogP contribution < -0.4 is 0 Å². The van der Waals surface area contributed by atoms with Crippen LogP contribution >= 0.6 is 0 Å². The van der Waals surface area contributed by atoms with E-state index in [1.165, 1.54) is 0 Å². The molecule has 0 heterocycles. The molecule has 0 spiro atoms. The lowest BCUT2D eigenvalue weighted by Crippen LogP contribution is -2.31. The van der Waals surface area contributed by atoms with E-state index in [4.69, 9.17) is 14.2 Å². The predicted octanol–water partition coefficient (Wildman–Crippen LogP) is 4.74. The second kappa shape index (κ2) is 9.36. The number of hydrogen-bond donors (Lipinski definition) is 0. The van der Waals surface area contributed by atoms with Crippen LogP contribution in [0, 0.1) is 5.92 Å². The van der Waals surface area contributed by atoms with Crippen molar-refractivity contribution in [1.82, 2.24) is 0 Å². The molecule has 0 aromatic heterocycles. The van der Waals surface area contributed by atoms with Crippen LogP contribution in [0.4, 0.5) is 4.79 Å². The molecule has 4 nitrogen and oxygen atoms in total. The van der Waals surface area contributed by atoms with Gasteiger partial charge in [-0.25, -0.2) is 4.79 Å². The van der Waals surface area contributed by atoms with Gasteiger partial charge >= 0.3 is 6.16 Å². The zero-order valence-corrected chi connectivity index (χ0v) is 14.6. The van der Waals surface area contributed by atoms with Crippen LogP contribution in [0.5, 0.6) is 0 Å². The summed E-state index contributed by atoms with van der Waals surface area (Å²) in [5.74, 6) is 0.0304. The molecular weight excluding hydrogens is 292 g/mol. The fraction of sp³-hybridized carbons (Fsp3) is 0.526. The van der Waals surface area contributed by atoms with Gasteiger partial charge in [0.25, 0.3) is 0 Å². The van der Waals surface area contributed by atoms with Gasteiger partial charge in [0.2, 0.25) is 0 Å². The van der Waals surface area contributed by atoms with Crippen molar-refractivity contribution in [2.45, 2.75) is 52.4 Å². The Hall–Kier alpha value is -1.81. The van der Waals surface area contributed by atoms with E-state index in [1.807, 2.05) is 58.0 Å². The smallest absolute Gasteiger partial charge is 0.430 e. The Kier molecular flexibility index (Phi) is 7.83. The summed E-state index contributed by atoms with van der Waals surface area (Å²) in [5.41, 5.74) is 0.553. The van der Waals surface area contributed by atoms with Crippen molar-refractivity contribution < 1.29 is 19.0 Å². The van der Waals surface area contributed by atoms with Gasteiger partial charge in [-0.05, 0) is 26.3 Å². The van der Waals surface area contributed by atoms with Crippen LogP contribution in [-0.4, -0.2) is 24.5 Å². The van der Waals surface area contributed by atoms with Crippen LogP contribution in [0.15, 0.2) is 43.0 Å². The zero-order chi connectivity index (χ0) is 17.3. The molecule has 0 amide bonds. The first-order chi connectivity index (χ1) is 10.8. The quantitative estimate of drug-likeness (QED) is 0.394. The van der Waals surface area contributed by atoms with Crippen LogP contribution in [0.1, 0.15) is 39.7 Å². The first-order valence-electron chi connectivity index (χ1n) is 7.95. The van der Waals surface area contributed by atoms with Crippen LogP contribution in [0.3, 0.4) is 0 Å². The summed E-state index contributed by atoms with van der Waals surface area (Å²) in [4.78, 5) is 11.8. The second-order valence-electron chi connectivity index (χ2n) is 6.54. The van der Waals surface area contributed by atoms with Crippen molar-refractivity contribution in [3.05, 3.63) is 48.6 Å². The van der Waals surface area contributed by atoms with Gasteiger partial charge in [-0.2, -0.15) is 0 Å². The Labute approximate surface area is 139 Å². The zero-order valence-electron chi connectivity index (χ0n) is 14.6. The first kappa shape index (κ1) is 19.2. The summed E-state index contributed by atoms with van der Waals surface area (Å²) in [6, 6.07) is 9.96. The molecule has 4 heteroatoms. The van der Waals surface area contributed by atoms with E-state index < -0.39 is 11.8 Å². The molecule has 0 aliphatic carbocycles. The average molecular weight is 320 g/mol. The molecule has 0 unspecified atom stereocenters. The molecule has 0 saturated carbocycles. The number of carbonyl (C=O) groups excluding carboxylic acids is 1. The molecule has 1 rings (SSSR count). The highest BCUT2D eigenvalue weighted by Crippen LogP contribution is 2.17. The van der Waals surface area contributed by atoms with Gasteiger partial charge in [0.1, 0.15) is 11.7 Å². The maximum atomic E-state index is 11.8. The molecule has 1 aromatic rings. The minimum absolute atomic E-state index is 0.0304. The van der Waals surface area contributed by atoms with Crippen molar-refractivity contribution in [2.24, 2.45) is 5.92 Å². The molecule has 0 aliphatic rings. The Morgan fingerprint density at radius 3 is 2.48 bits per heavy atom. The lowest BCUT2D eigenvalue weighted by Gasteiger charge is -2.25. The monoisotopic (exact) mass is 320 g/mol. The van der Waals surface area contributed by atoms with Crippen molar-refractivity contribution >= 4 is 6.16 Å². The van der Waals surface area contributed by atoms with E-state index in [2.05, 4.69) is 6.58 Å². The van der Waals surface area contributed by atoms with Gasteiger partial charge in [0, 0.05) is 12.3 Å². The molecule has 2 atom stereocenters. The minimum Gasteiger partial charge on any atom is -0.430 e. The van der Waals surface area contributed by atoms with Gasteiger partial charge in [-0.1, -0.05) is 43.3 Å². The highest BCUT2D eigenvalue weighted by molar-refractivity contribution is 5.60. The van der Waals surface area contributed by atoms with Gasteiger partial charge < -0.3 is 14.2 Å². The lowest BCUT2D eigenvalue weighted by atomic mass is 10.0. The van der Waals surface area contributed by atoms with Crippen LogP contribution in [0.25, 0.3) is 0 Å². The molecule has 23 heavy (non-hydrogen) atoms. The molecule has 0 aliphatic heterocycles. The van der Waals surface area contributed by atoms with Gasteiger partial charge in [0.15, 0.2) is 0 Å². The molecular formula is C19H28O4. The summed E-state index contributed by atoms with van der Waals surface area (Å²) in [6.45, 7) is 12.2. The summed E-state index contributed by atoms with van der Waals surface area (Å²) >= 11 is 0. The molecule has 128 valence electrons. The third-order valence-corrected chi connectivity index (χ3v) is 3.25. The number of hydrogen-bond acceptors (Lipinski definition) is 4. The van der Waals surface area contributed by atoms with Crippen molar-refractivity contribution in [1.29, 1.82) is 0 Å². The number of benzene rings is 1.